The predicted octanol–water partition coefficient (Wildman–Crippen LogP) is 3.61. The van der Waals surface area contributed by atoms with E-state index in [9.17, 15) is 4.39 Å². The molecule has 0 fully saturated rings. The third-order valence-corrected chi connectivity index (χ3v) is 3.66. The number of halogens is 2. The molecule has 2 nitrogen and oxygen atoms in total. The first-order valence-corrected chi connectivity index (χ1v) is 5.75. The number of rotatable bonds is 1. The van der Waals surface area contributed by atoms with E-state index >= 15 is 0 Å². The highest BCUT2D eigenvalue weighted by atomic mass is 79.9. The molecule has 2 rings (SSSR count). The number of nitrogens with zero attached hydrogens (tertiary/aromatic N) is 2. The average molecular weight is 283 g/mol. The lowest BCUT2D eigenvalue weighted by molar-refractivity contribution is 0.619. The minimum atomic E-state index is -0.201. The smallest absolute Gasteiger partial charge is 0.126 e. The van der Waals surface area contributed by atoms with Crippen LogP contribution in [0.3, 0.4) is 0 Å². The Morgan fingerprint density at radius 1 is 1.31 bits per heavy atom. The van der Waals surface area contributed by atoms with Crippen LogP contribution in [0.4, 0.5) is 4.39 Å². The van der Waals surface area contributed by atoms with Gasteiger partial charge in [0.05, 0.1) is 4.47 Å². The van der Waals surface area contributed by atoms with Crippen LogP contribution in [-0.2, 0) is 7.05 Å². The maximum Gasteiger partial charge on any atom is 0.126 e. The first-order chi connectivity index (χ1) is 7.50. The van der Waals surface area contributed by atoms with Gasteiger partial charge >= 0.3 is 0 Å². The molecular weight excluding hydrogens is 271 g/mol. The van der Waals surface area contributed by atoms with Crippen LogP contribution in [0.1, 0.15) is 11.3 Å². The highest BCUT2D eigenvalue weighted by Gasteiger charge is 2.13. The second-order valence-corrected chi connectivity index (χ2v) is 4.63. The standard InChI is InChI=1S/C12H12BrFN2/c1-7-4-5-9(6-10(7)14)12-11(13)8(2)16(3)15-12/h4-6H,1-3H3. The van der Waals surface area contributed by atoms with Crippen LogP contribution in [-0.4, -0.2) is 9.78 Å². The molecule has 84 valence electrons. The number of hydrogen-bond donors (Lipinski definition) is 0. The van der Waals surface area contributed by atoms with Crippen molar-refractivity contribution in [3.05, 3.63) is 39.7 Å². The van der Waals surface area contributed by atoms with Gasteiger partial charge in [0, 0.05) is 18.3 Å². The van der Waals surface area contributed by atoms with E-state index in [0.29, 0.717) is 5.56 Å². The molecule has 0 radical (unpaired) electrons. The van der Waals surface area contributed by atoms with Gasteiger partial charge in [-0.3, -0.25) is 4.68 Å². The normalized spacial score (nSPS) is 10.8. The van der Waals surface area contributed by atoms with Gasteiger partial charge in [0.15, 0.2) is 0 Å². The zero-order valence-corrected chi connectivity index (χ0v) is 11.0. The van der Waals surface area contributed by atoms with E-state index < -0.39 is 0 Å². The topological polar surface area (TPSA) is 17.8 Å². The maximum absolute atomic E-state index is 13.5. The Hall–Kier alpha value is -1.16. The van der Waals surface area contributed by atoms with Crippen LogP contribution < -0.4 is 0 Å². The minimum Gasteiger partial charge on any atom is -0.271 e. The van der Waals surface area contributed by atoms with Gasteiger partial charge < -0.3 is 0 Å². The van der Waals surface area contributed by atoms with E-state index in [2.05, 4.69) is 21.0 Å². The lowest BCUT2D eigenvalue weighted by Crippen LogP contribution is -1.92. The molecule has 0 unspecified atom stereocenters. The summed E-state index contributed by atoms with van der Waals surface area (Å²) < 4.78 is 16.1. The van der Waals surface area contributed by atoms with Gasteiger partial charge in [0.2, 0.25) is 0 Å². The van der Waals surface area contributed by atoms with Crippen molar-refractivity contribution < 1.29 is 4.39 Å². The van der Waals surface area contributed by atoms with Crippen LogP contribution in [0.15, 0.2) is 22.7 Å². The molecule has 2 aromatic rings. The second kappa shape index (κ2) is 4.01. The average Bonchev–Trinajstić information content (AvgIpc) is 2.50. The summed E-state index contributed by atoms with van der Waals surface area (Å²) in [6.07, 6.45) is 0. The Morgan fingerprint density at radius 2 is 2.00 bits per heavy atom. The second-order valence-electron chi connectivity index (χ2n) is 3.84. The highest BCUT2D eigenvalue weighted by Crippen LogP contribution is 2.30. The van der Waals surface area contributed by atoms with Crippen LogP contribution >= 0.6 is 15.9 Å². The molecule has 0 saturated heterocycles. The fourth-order valence-electron chi connectivity index (χ4n) is 1.51. The molecule has 4 heteroatoms. The lowest BCUT2D eigenvalue weighted by atomic mass is 10.1. The van der Waals surface area contributed by atoms with Gasteiger partial charge in [-0.15, -0.1) is 0 Å². The molecule has 0 aliphatic rings. The van der Waals surface area contributed by atoms with Crippen molar-refractivity contribution >= 4 is 15.9 Å². The molecule has 1 aromatic carbocycles. The first-order valence-electron chi connectivity index (χ1n) is 4.96. The first kappa shape index (κ1) is 11.3. The van der Waals surface area contributed by atoms with Crippen LogP contribution in [0.25, 0.3) is 11.3 Å². The molecule has 0 aliphatic carbocycles. The molecule has 0 amide bonds. The Kier molecular flexibility index (Phi) is 2.84. The van der Waals surface area contributed by atoms with Gasteiger partial charge in [0.1, 0.15) is 11.5 Å². The summed E-state index contributed by atoms with van der Waals surface area (Å²) in [6.45, 7) is 3.71. The number of hydrogen-bond acceptors (Lipinski definition) is 1. The predicted molar refractivity (Wildman–Crippen MR) is 65.8 cm³/mol. The van der Waals surface area contributed by atoms with Crippen molar-refractivity contribution in [2.75, 3.05) is 0 Å². The van der Waals surface area contributed by atoms with E-state index in [0.717, 1.165) is 21.4 Å². The van der Waals surface area contributed by atoms with Crippen molar-refractivity contribution in [2.45, 2.75) is 13.8 Å². The molecule has 0 saturated carbocycles. The van der Waals surface area contributed by atoms with Crippen molar-refractivity contribution in [3.63, 3.8) is 0 Å². The van der Waals surface area contributed by atoms with E-state index in [4.69, 9.17) is 0 Å². The third kappa shape index (κ3) is 1.78. The molecule has 0 spiro atoms. The molecule has 0 aliphatic heterocycles. The van der Waals surface area contributed by atoms with Gasteiger partial charge in [0.25, 0.3) is 0 Å². The van der Waals surface area contributed by atoms with Crippen molar-refractivity contribution in [3.8, 4) is 11.3 Å². The highest BCUT2D eigenvalue weighted by molar-refractivity contribution is 9.10. The fourth-order valence-corrected chi connectivity index (χ4v) is 2.07. The summed E-state index contributed by atoms with van der Waals surface area (Å²) >= 11 is 3.48. The molecular formula is C12H12BrFN2. The van der Waals surface area contributed by atoms with Crippen LogP contribution in [0.5, 0.6) is 0 Å². The van der Waals surface area contributed by atoms with Crippen LogP contribution in [0.2, 0.25) is 0 Å². The van der Waals surface area contributed by atoms with Gasteiger partial charge in [-0.25, -0.2) is 4.39 Å². The maximum atomic E-state index is 13.5. The fraction of sp³-hybridized carbons (Fsp3) is 0.250. The summed E-state index contributed by atoms with van der Waals surface area (Å²) in [6, 6.07) is 5.16. The van der Waals surface area contributed by atoms with Gasteiger partial charge in [-0.1, -0.05) is 12.1 Å². The van der Waals surface area contributed by atoms with Crippen molar-refractivity contribution in [1.29, 1.82) is 0 Å². The summed E-state index contributed by atoms with van der Waals surface area (Å²) in [5, 5.41) is 4.35. The number of aromatic nitrogens is 2. The zero-order chi connectivity index (χ0) is 11.9. The summed E-state index contributed by atoms with van der Waals surface area (Å²) in [5.41, 5.74) is 3.24. The van der Waals surface area contributed by atoms with Crippen molar-refractivity contribution in [1.82, 2.24) is 9.78 Å². The summed E-state index contributed by atoms with van der Waals surface area (Å²) in [7, 11) is 1.87. The molecule has 1 aromatic heterocycles. The van der Waals surface area contributed by atoms with E-state index in [-0.39, 0.29) is 5.82 Å². The van der Waals surface area contributed by atoms with Gasteiger partial charge in [-0.05, 0) is 41.4 Å². The Bertz CT molecular complexity index is 546. The Balaban J connectivity index is 2.59. The van der Waals surface area contributed by atoms with Crippen LogP contribution in [0, 0.1) is 19.7 Å². The molecule has 0 N–H and O–H groups in total. The zero-order valence-electron chi connectivity index (χ0n) is 9.38. The summed E-state index contributed by atoms with van der Waals surface area (Å²) in [4.78, 5) is 0. The Labute approximate surface area is 102 Å². The quantitative estimate of drug-likeness (QED) is 0.781. The molecule has 16 heavy (non-hydrogen) atoms. The van der Waals surface area contributed by atoms with Gasteiger partial charge in [-0.2, -0.15) is 5.10 Å². The van der Waals surface area contributed by atoms with E-state index in [1.165, 1.54) is 6.07 Å². The Morgan fingerprint density at radius 3 is 2.50 bits per heavy atom. The van der Waals surface area contributed by atoms with Crippen molar-refractivity contribution in [2.24, 2.45) is 7.05 Å². The molecule has 0 atom stereocenters. The SMILES string of the molecule is Cc1ccc(-c2nn(C)c(C)c2Br)cc1F. The molecule has 1 heterocycles. The summed E-state index contributed by atoms with van der Waals surface area (Å²) in [5.74, 6) is -0.201. The lowest BCUT2D eigenvalue weighted by Gasteiger charge is -2.00. The number of benzene rings is 1. The third-order valence-electron chi connectivity index (χ3n) is 2.71. The number of aryl methyl sites for hydroxylation is 2. The monoisotopic (exact) mass is 282 g/mol. The minimum absolute atomic E-state index is 0.201. The van der Waals surface area contributed by atoms with E-state index in [1.807, 2.05) is 20.0 Å². The van der Waals surface area contributed by atoms with E-state index in [1.54, 1.807) is 17.7 Å². The molecule has 0 bridgehead atoms. The largest absolute Gasteiger partial charge is 0.271 e.